The van der Waals surface area contributed by atoms with Gasteiger partial charge in [-0.05, 0) is 11.1 Å². The second kappa shape index (κ2) is 2.23. The molecule has 2 aliphatic rings. The highest BCUT2D eigenvalue weighted by Gasteiger charge is 2.51. The molecule has 62 valence electrons. The van der Waals surface area contributed by atoms with E-state index in [1.165, 1.54) is 11.1 Å². The SMILES string of the molecule is N#C[C@H]1[C@@H]2C=Cc3ccccc3[C@H]12. The Hall–Kier alpha value is -1.55. The second-order valence-electron chi connectivity index (χ2n) is 3.75. The number of nitrogens with zero attached hydrogens (tertiary/aromatic N) is 1. The molecule has 1 aromatic carbocycles. The van der Waals surface area contributed by atoms with Crippen molar-refractivity contribution in [2.24, 2.45) is 11.8 Å². The molecular formula is C12H9N. The van der Waals surface area contributed by atoms with E-state index in [-0.39, 0.29) is 5.92 Å². The van der Waals surface area contributed by atoms with Gasteiger partial charge in [-0.25, -0.2) is 0 Å². The summed E-state index contributed by atoms with van der Waals surface area (Å²) in [6.07, 6.45) is 4.33. The van der Waals surface area contributed by atoms with Crippen LogP contribution in [0.1, 0.15) is 17.0 Å². The van der Waals surface area contributed by atoms with Crippen LogP contribution in [0.15, 0.2) is 30.3 Å². The molecule has 3 rings (SSSR count). The van der Waals surface area contributed by atoms with Crippen LogP contribution in [0, 0.1) is 23.2 Å². The molecule has 3 atom stereocenters. The highest BCUT2D eigenvalue weighted by molar-refractivity contribution is 5.62. The van der Waals surface area contributed by atoms with Crippen molar-refractivity contribution in [1.82, 2.24) is 0 Å². The van der Waals surface area contributed by atoms with E-state index in [1.54, 1.807) is 0 Å². The molecule has 0 aromatic heterocycles. The normalized spacial score (nSPS) is 33.0. The van der Waals surface area contributed by atoms with Crippen LogP contribution in [-0.2, 0) is 0 Å². The highest BCUT2D eigenvalue weighted by atomic mass is 14.5. The number of allylic oxidation sites excluding steroid dienone is 1. The first-order valence-corrected chi connectivity index (χ1v) is 4.58. The molecule has 1 nitrogen and oxygen atoms in total. The Kier molecular flexibility index (Phi) is 1.19. The average Bonchev–Trinajstić information content (AvgIpc) is 2.91. The lowest BCUT2D eigenvalue weighted by atomic mass is 9.97. The van der Waals surface area contributed by atoms with Crippen molar-refractivity contribution in [2.75, 3.05) is 0 Å². The first-order chi connectivity index (χ1) is 6.42. The summed E-state index contributed by atoms with van der Waals surface area (Å²) in [7, 11) is 0. The summed E-state index contributed by atoms with van der Waals surface area (Å²) in [4.78, 5) is 0. The second-order valence-corrected chi connectivity index (χ2v) is 3.75. The van der Waals surface area contributed by atoms with E-state index in [0.717, 1.165) is 0 Å². The lowest BCUT2D eigenvalue weighted by Gasteiger charge is -2.07. The summed E-state index contributed by atoms with van der Waals surface area (Å²) in [6.45, 7) is 0. The zero-order valence-corrected chi connectivity index (χ0v) is 7.14. The molecule has 1 aromatic rings. The molecule has 0 heterocycles. The first kappa shape index (κ1) is 6.91. The summed E-state index contributed by atoms with van der Waals surface area (Å²) in [5, 5.41) is 8.88. The third-order valence-corrected chi connectivity index (χ3v) is 3.08. The quantitative estimate of drug-likeness (QED) is 0.582. The van der Waals surface area contributed by atoms with Crippen molar-refractivity contribution in [1.29, 1.82) is 5.26 Å². The van der Waals surface area contributed by atoms with Gasteiger partial charge in [-0.2, -0.15) is 5.26 Å². The van der Waals surface area contributed by atoms with Crippen LogP contribution in [0.3, 0.4) is 0 Å². The minimum absolute atomic E-state index is 0.236. The van der Waals surface area contributed by atoms with Crippen LogP contribution in [-0.4, -0.2) is 0 Å². The minimum atomic E-state index is 0.236. The predicted octanol–water partition coefficient (Wildman–Crippen LogP) is 2.57. The van der Waals surface area contributed by atoms with Crippen molar-refractivity contribution in [3.8, 4) is 6.07 Å². The van der Waals surface area contributed by atoms with Gasteiger partial charge in [-0.3, -0.25) is 0 Å². The number of rotatable bonds is 0. The van der Waals surface area contributed by atoms with Gasteiger partial charge in [-0.1, -0.05) is 36.4 Å². The van der Waals surface area contributed by atoms with Gasteiger partial charge in [0, 0.05) is 11.8 Å². The van der Waals surface area contributed by atoms with E-state index in [9.17, 15) is 0 Å². The molecule has 2 aliphatic carbocycles. The number of benzene rings is 1. The van der Waals surface area contributed by atoms with E-state index in [4.69, 9.17) is 5.26 Å². The zero-order chi connectivity index (χ0) is 8.84. The molecule has 0 amide bonds. The maximum atomic E-state index is 8.88. The lowest BCUT2D eigenvalue weighted by molar-refractivity contribution is 0.995. The van der Waals surface area contributed by atoms with Crippen molar-refractivity contribution in [3.05, 3.63) is 41.5 Å². The van der Waals surface area contributed by atoms with Crippen LogP contribution < -0.4 is 0 Å². The van der Waals surface area contributed by atoms with Gasteiger partial charge in [0.2, 0.25) is 0 Å². The van der Waals surface area contributed by atoms with Gasteiger partial charge in [0.25, 0.3) is 0 Å². The van der Waals surface area contributed by atoms with Gasteiger partial charge in [0.05, 0.1) is 12.0 Å². The Balaban J connectivity index is 2.13. The molecule has 1 heteroatoms. The topological polar surface area (TPSA) is 23.8 Å². The monoisotopic (exact) mass is 167 g/mol. The van der Waals surface area contributed by atoms with Gasteiger partial charge >= 0.3 is 0 Å². The average molecular weight is 167 g/mol. The largest absolute Gasteiger partial charge is 0.198 e. The molecular weight excluding hydrogens is 158 g/mol. The smallest absolute Gasteiger partial charge is 0.0668 e. The van der Waals surface area contributed by atoms with Gasteiger partial charge in [-0.15, -0.1) is 0 Å². The van der Waals surface area contributed by atoms with Gasteiger partial charge in [0.1, 0.15) is 0 Å². The summed E-state index contributed by atoms with van der Waals surface area (Å²) in [5.74, 6) is 1.23. The van der Waals surface area contributed by atoms with Crippen LogP contribution in [0.5, 0.6) is 0 Å². The number of fused-ring (bicyclic) bond motifs is 3. The Morgan fingerprint density at radius 2 is 2.08 bits per heavy atom. The molecule has 1 fully saturated rings. The molecule has 1 saturated carbocycles. The Morgan fingerprint density at radius 3 is 2.92 bits per heavy atom. The summed E-state index contributed by atoms with van der Waals surface area (Å²) in [5.41, 5.74) is 2.66. The fourth-order valence-corrected chi connectivity index (χ4v) is 2.32. The van der Waals surface area contributed by atoms with Crippen LogP contribution in [0.4, 0.5) is 0 Å². The van der Waals surface area contributed by atoms with E-state index in [2.05, 4.69) is 36.4 Å². The van der Waals surface area contributed by atoms with Crippen molar-refractivity contribution in [3.63, 3.8) is 0 Å². The van der Waals surface area contributed by atoms with Crippen LogP contribution in [0.2, 0.25) is 0 Å². The predicted molar refractivity (Wildman–Crippen MR) is 50.8 cm³/mol. The van der Waals surface area contributed by atoms with E-state index in [1.807, 2.05) is 6.07 Å². The fourth-order valence-electron chi connectivity index (χ4n) is 2.32. The number of hydrogen-bond acceptors (Lipinski definition) is 1. The lowest BCUT2D eigenvalue weighted by Crippen LogP contribution is -1.90. The van der Waals surface area contributed by atoms with Crippen molar-refractivity contribution >= 4 is 6.08 Å². The molecule has 0 spiro atoms. The molecule has 0 bridgehead atoms. The molecule has 0 unspecified atom stereocenters. The maximum Gasteiger partial charge on any atom is 0.0668 e. The molecule has 0 aliphatic heterocycles. The molecule has 0 radical (unpaired) electrons. The minimum Gasteiger partial charge on any atom is -0.198 e. The third-order valence-electron chi connectivity index (χ3n) is 3.08. The number of nitriles is 1. The first-order valence-electron chi connectivity index (χ1n) is 4.58. The Morgan fingerprint density at radius 1 is 1.23 bits per heavy atom. The van der Waals surface area contributed by atoms with E-state index >= 15 is 0 Å². The fraction of sp³-hybridized carbons (Fsp3) is 0.250. The maximum absolute atomic E-state index is 8.88. The molecule has 0 N–H and O–H groups in total. The van der Waals surface area contributed by atoms with Gasteiger partial charge in [0.15, 0.2) is 0 Å². The molecule has 13 heavy (non-hydrogen) atoms. The highest BCUT2D eigenvalue weighted by Crippen LogP contribution is 2.57. The number of hydrogen-bond donors (Lipinski definition) is 0. The van der Waals surface area contributed by atoms with E-state index < -0.39 is 0 Å². The van der Waals surface area contributed by atoms with Crippen LogP contribution >= 0.6 is 0 Å². The summed E-state index contributed by atoms with van der Waals surface area (Å²) < 4.78 is 0. The Labute approximate surface area is 77.3 Å². The van der Waals surface area contributed by atoms with Crippen molar-refractivity contribution in [2.45, 2.75) is 5.92 Å². The molecule has 0 saturated heterocycles. The standard InChI is InChI=1S/C12H9N/c13-7-11-10-6-5-8-3-1-2-4-9(8)12(10)11/h1-6,10-12H/t10-,11-,12-/m0/s1. The summed E-state index contributed by atoms with van der Waals surface area (Å²) >= 11 is 0. The van der Waals surface area contributed by atoms with Crippen LogP contribution in [0.25, 0.3) is 6.08 Å². The zero-order valence-electron chi connectivity index (χ0n) is 7.14. The summed E-state index contributed by atoms with van der Waals surface area (Å²) in [6, 6.07) is 10.7. The van der Waals surface area contributed by atoms with Gasteiger partial charge < -0.3 is 0 Å². The third kappa shape index (κ3) is 0.805. The Bertz CT molecular complexity index is 425. The van der Waals surface area contributed by atoms with E-state index in [0.29, 0.717) is 11.8 Å². The van der Waals surface area contributed by atoms with Crippen molar-refractivity contribution < 1.29 is 0 Å².